The number of nitrogens with one attached hydrogen (secondary N) is 2. The van der Waals surface area contributed by atoms with Crippen LogP contribution in [-0.4, -0.2) is 20.9 Å². The smallest absolute Gasteiger partial charge is 0.240 e. The predicted molar refractivity (Wildman–Crippen MR) is 88.7 cm³/mol. The second-order valence-electron chi connectivity index (χ2n) is 4.89. The zero-order chi connectivity index (χ0) is 16.2. The standard InChI is InChI=1S/C15H18N2O3S2/c1-11-10-14(5-6-15(11)17-12(2)18)22(19,20)16-8-7-13-4-3-9-21-13/h3-6,9-10,16H,7-8H2,1-2H3,(H,17,18). The number of carbonyl (C=O) groups excluding carboxylic acids is 1. The van der Waals surface area contributed by atoms with Gasteiger partial charge in [-0.3, -0.25) is 4.79 Å². The maximum absolute atomic E-state index is 12.3. The minimum absolute atomic E-state index is 0.187. The molecule has 22 heavy (non-hydrogen) atoms. The maximum Gasteiger partial charge on any atom is 0.240 e. The van der Waals surface area contributed by atoms with E-state index < -0.39 is 10.0 Å². The van der Waals surface area contributed by atoms with Crippen LogP contribution in [0.25, 0.3) is 0 Å². The van der Waals surface area contributed by atoms with E-state index in [-0.39, 0.29) is 10.8 Å². The molecule has 5 nitrogen and oxygen atoms in total. The van der Waals surface area contributed by atoms with Crippen LogP contribution in [0.3, 0.4) is 0 Å². The lowest BCUT2D eigenvalue weighted by Gasteiger charge is -2.10. The number of amides is 1. The van der Waals surface area contributed by atoms with Crippen molar-refractivity contribution in [2.75, 3.05) is 11.9 Å². The summed E-state index contributed by atoms with van der Waals surface area (Å²) in [6.45, 7) is 3.53. The maximum atomic E-state index is 12.3. The second kappa shape index (κ2) is 7.04. The molecule has 2 aromatic rings. The third-order valence-electron chi connectivity index (χ3n) is 3.06. The van der Waals surface area contributed by atoms with E-state index in [1.807, 2.05) is 17.5 Å². The number of thiophene rings is 1. The van der Waals surface area contributed by atoms with Crippen LogP contribution >= 0.6 is 11.3 Å². The summed E-state index contributed by atoms with van der Waals surface area (Å²) >= 11 is 1.60. The number of carbonyl (C=O) groups is 1. The molecule has 0 fully saturated rings. The Balaban J connectivity index is 2.05. The number of aryl methyl sites for hydroxylation is 1. The normalized spacial score (nSPS) is 11.4. The molecule has 1 heterocycles. The Morgan fingerprint density at radius 2 is 2.05 bits per heavy atom. The van der Waals surface area contributed by atoms with Crippen molar-refractivity contribution >= 4 is 33.0 Å². The van der Waals surface area contributed by atoms with Crippen LogP contribution in [0.5, 0.6) is 0 Å². The van der Waals surface area contributed by atoms with Crippen LogP contribution in [0.1, 0.15) is 17.4 Å². The van der Waals surface area contributed by atoms with Crippen LogP contribution in [0.15, 0.2) is 40.6 Å². The summed E-state index contributed by atoms with van der Waals surface area (Å²) in [5.41, 5.74) is 1.32. The monoisotopic (exact) mass is 338 g/mol. The Hall–Kier alpha value is -1.70. The first-order chi connectivity index (χ1) is 10.4. The van der Waals surface area contributed by atoms with Gasteiger partial charge in [0.05, 0.1) is 4.90 Å². The number of hydrogen-bond acceptors (Lipinski definition) is 4. The van der Waals surface area contributed by atoms with Gasteiger partial charge in [-0.2, -0.15) is 0 Å². The number of benzene rings is 1. The zero-order valence-electron chi connectivity index (χ0n) is 12.4. The fourth-order valence-corrected chi connectivity index (χ4v) is 3.81. The Labute approximate surface area is 134 Å². The van der Waals surface area contributed by atoms with Crippen molar-refractivity contribution in [3.8, 4) is 0 Å². The molecule has 0 saturated carbocycles. The summed E-state index contributed by atoms with van der Waals surface area (Å²) < 4.78 is 27.1. The topological polar surface area (TPSA) is 75.3 Å². The Bertz CT molecular complexity index is 753. The molecule has 0 aliphatic heterocycles. The lowest BCUT2D eigenvalue weighted by Crippen LogP contribution is -2.26. The molecule has 0 saturated heterocycles. The highest BCUT2D eigenvalue weighted by molar-refractivity contribution is 7.89. The van der Waals surface area contributed by atoms with Crippen molar-refractivity contribution in [1.82, 2.24) is 4.72 Å². The first-order valence-corrected chi connectivity index (χ1v) is 9.15. The van der Waals surface area contributed by atoms with Gasteiger partial charge >= 0.3 is 0 Å². The second-order valence-corrected chi connectivity index (χ2v) is 7.68. The SMILES string of the molecule is CC(=O)Nc1ccc(S(=O)(=O)NCCc2cccs2)cc1C. The van der Waals surface area contributed by atoms with Gasteiger partial charge in [0, 0.05) is 24.0 Å². The zero-order valence-corrected chi connectivity index (χ0v) is 14.1. The van der Waals surface area contributed by atoms with Crippen LogP contribution in [0.4, 0.5) is 5.69 Å². The van der Waals surface area contributed by atoms with Crippen molar-refractivity contribution in [2.24, 2.45) is 0 Å². The first kappa shape index (κ1) is 16.7. The van der Waals surface area contributed by atoms with Crippen LogP contribution in [0, 0.1) is 6.92 Å². The van der Waals surface area contributed by atoms with E-state index in [1.54, 1.807) is 30.4 Å². The average molecular weight is 338 g/mol. The van der Waals surface area contributed by atoms with Gasteiger partial charge in [-0.15, -0.1) is 11.3 Å². The summed E-state index contributed by atoms with van der Waals surface area (Å²) in [5.74, 6) is -0.187. The summed E-state index contributed by atoms with van der Waals surface area (Å²) in [6, 6.07) is 8.57. The summed E-state index contributed by atoms with van der Waals surface area (Å²) in [6.07, 6.45) is 0.667. The molecule has 1 aromatic heterocycles. The lowest BCUT2D eigenvalue weighted by molar-refractivity contribution is -0.114. The molecule has 0 bridgehead atoms. The van der Waals surface area contributed by atoms with Crippen LogP contribution in [-0.2, 0) is 21.2 Å². The van der Waals surface area contributed by atoms with Crippen LogP contribution in [0.2, 0.25) is 0 Å². The highest BCUT2D eigenvalue weighted by atomic mass is 32.2. The Morgan fingerprint density at radius 3 is 2.64 bits per heavy atom. The van der Waals surface area contributed by atoms with E-state index in [0.29, 0.717) is 24.2 Å². The molecule has 0 spiro atoms. The quantitative estimate of drug-likeness (QED) is 0.850. The Morgan fingerprint density at radius 1 is 1.27 bits per heavy atom. The highest BCUT2D eigenvalue weighted by Crippen LogP contribution is 2.19. The summed E-state index contributed by atoms with van der Waals surface area (Å²) in [5, 5.41) is 4.63. The largest absolute Gasteiger partial charge is 0.326 e. The molecule has 1 amide bonds. The lowest BCUT2D eigenvalue weighted by atomic mass is 10.2. The van der Waals surface area contributed by atoms with Gasteiger partial charge in [-0.05, 0) is 48.6 Å². The van der Waals surface area contributed by atoms with Crippen molar-refractivity contribution < 1.29 is 13.2 Å². The molecule has 0 aliphatic rings. The number of hydrogen-bond donors (Lipinski definition) is 2. The molecule has 7 heteroatoms. The summed E-state index contributed by atoms with van der Waals surface area (Å²) in [7, 11) is -3.54. The third kappa shape index (κ3) is 4.40. The number of anilines is 1. The number of sulfonamides is 1. The van der Waals surface area contributed by atoms with E-state index >= 15 is 0 Å². The van der Waals surface area contributed by atoms with Crippen LogP contribution < -0.4 is 10.0 Å². The molecule has 0 radical (unpaired) electrons. The summed E-state index contributed by atoms with van der Waals surface area (Å²) in [4.78, 5) is 12.4. The average Bonchev–Trinajstić information content (AvgIpc) is 2.93. The van der Waals surface area contributed by atoms with Gasteiger partial charge in [0.15, 0.2) is 0 Å². The van der Waals surface area contributed by atoms with E-state index in [0.717, 1.165) is 4.88 Å². The minimum Gasteiger partial charge on any atom is -0.326 e. The van der Waals surface area contributed by atoms with Crippen molar-refractivity contribution in [3.63, 3.8) is 0 Å². The molecule has 118 valence electrons. The van der Waals surface area contributed by atoms with Gasteiger partial charge < -0.3 is 5.32 Å². The molecule has 1 aromatic carbocycles. The van der Waals surface area contributed by atoms with E-state index in [1.165, 1.54) is 13.0 Å². The van der Waals surface area contributed by atoms with Gasteiger partial charge in [0.25, 0.3) is 0 Å². The minimum atomic E-state index is -3.54. The predicted octanol–water partition coefficient (Wildman–Crippen LogP) is 2.54. The van der Waals surface area contributed by atoms with Gasteiger partial charge in [0.1, 0.15) is 0 Å². The van der Waals surface area contributed by atoms with E-state index in [4.69, 9.17) is 0 Å². The molecule has 2 rings (SSSR count). The molecule has 2 N–H and O–H groups in total. The molecule has 0 unspecified atom stereocenters. The fraction of sp³-hybridized carbons (Fsp3) is 0.267. The molecule has 0 atom stereocenters. The van der Waals surface area contributed by atoms with E-state index in [2.05, 4.69) is 10.0 Å². The van der Waals surface area contributed by atoms with Crippen molar-refractivity contribution in [3.05, 3.63) is 46.2 Å². The van der Waals surface area contributed by atoms with E-state index in [9.17, 15) is 13.2 Å². The number of rotatable bonds is 6. The first-order valence-electron chi connectivity index (χ1n) is 6.79. The highest BCUT2D eigenvalue weighted by Gasteiger charge is 2.15. The van der Waals surface area contributed by atoms with Gasteiger partial charge in [0.2, 0.25) is 15.9 Å². The Kier molecular flexibility index (Phi) is 5.33. The molecule has 0 aliphatic carbocycles. The van der Waals surface area contributed by atoms with Crippen molar-refractivity contribution in [2.45, 2.75) is 25.2 Å². The third-order valence-corrected chi connectivity index (χ3v) is 5.46. The molecular weight excluding hydrogens is 320 g/mol. The molecular formula is C15H18N2O3S2. The van der Waals surface area contributed by atoms with Gasteiger partial charge in [-0.1, -0.05) is 6.07 Å². The van der Waals surface area contributed by atoms with Crippen molar-refractivity contribution in [1.29, 1.82) is 0 Å². The van der Waals surface area contributed by atoms with Gasteiger partial charge in [-0.25, -0.2) is 13.1 Å². The fourth-order valence-electron chi connectivity index (χ4n) is 1.98.